The van der Waals surface area contributed by atoms with E-state index in [0.717, 1.165) is 5.56 Å². The summed E-state index contributed by atoms with van der Waals surface area (Å²) in [7, 11) is 0. The van der Waals surface area contributed by atoms with Crippen LogP contribution in [0, 0.1) is 5.82 Å². The Morgan fingerprint density at radius 3 is 2.70 bits per heavy atom. The maximum atomic E-state index is 13.4. The molecular formula is C18H13FN6O2. The number of benzene rings is 2. The summed E-state index contributed by atoms with van der Waals surface area (Å²) in [4.78, 5) is 22.5. The van der Waals surface area contributed by atoms with Crippen LogP contribution in [0.4, 0.5) is 10.1 Å². The van der Waals surface area contributed by atoms with Gasteiger partial charge in [-0.1, -0.05) is 18.2 Å². The molecule has 8 nitrogen and oxygen atoms in total. The molecule has 1 aliphatic heterocycles. The second kappa shape index (κ2) is 5.99. The van der Waals surface area contributed by atoms with Gasteiger partial charge in [0, 0.05) is 5.39 Å². The van der Waals surface area contributed by atoms with Crippen molar-refractivity contribution in [2.75, 3.05) is 5.48 Å². The molecule has 5 rings (SSSR count). The van der Waals surface area contributed by atoms with Crippen LogP contribution in [0.3, 0.4) is 0 Å². The van der Waals surface area contributed by atoms with Crippen molar-refractivity contribution in [1.82, 2.24) is 25.4 Å². The predicted molar refractivity (Wildman–Crippen MR) is 94.4 cm³/mol. The molecule has 0 aliphatic carbocycles. The van der Waals surface area contributed by atoms with E-state index in [2.05, 4.69) is 30.9 Å². The highest BCUT2D eigenvalue weighted by Gasteiger charge is 2.36. The Kier molecular flexibility index (Phi) is 3.47. The van der Waals surface area contributed by atoms with Gasteiger partial charge in [0.25, 0.3) is 5.56 Å². The zero-order valence-electron chi connectivity index (χ0n) is 13.8. The average Bonchev–Trinajstić information content (AvgIpc) is 3.16. The summed E-state index contributed by atoms with van der Waals surface area (Å²) in [6.07, 6.45) is 0.803. The molecule has 2 atom stereocenters. The van der Waals surface area contributed by atoms with Crippen molar-refractivity contribution in [3.8, 4) is 0 Å². The Hall–Kier alpha value is -3.59. The van der Waals surface area contributed by atoms with E-state index in [0.29, 0.717) is 28.0 Å². The van der Waals surface area contributed by atoms with E-state index in [4.69, 9.17) is 4.84 Å². The third kappa shape index (κ3) is 2.48. The molecule has 0 fully saturated rings. The van der Waals surface area contributed by atoms with E-state index < -0.39 is 12.0 Å². The van der Waals surface area contributed by atoms with Crippen molar-refractivity contribution >= 4 is 16.5 Å². The molecule has 3 N–H and O–H groups in total. The van der Waals surface area contributed by atoms with E-state index in [1.54, 1.807) is 30.3 Å². The van der Waals surface area contributed by atoms with Gasteiger partial charge in [-0.05, 0) is 29.8 Å². The highest BCUT2D eigenvalue weighted by molar-refractivity contribution is 5.95. The monoisotopic (exact) mass is 364 g/mol. The molecule has 134 valence electrons. The number of halogens is 1. The quantitative estimate of drug-likeness (QED) is 0.504. The number of aromatic nitrogens is 5. The maximum Gasteiger partial charge on any atom is 0.272 e. The Morgan fingerprint density at radius 2 is 1.93 bits per heavy atom. The van der Waals surface area contributed by atoms with Gasteiger partial charge < -0.3 is 0 Å². The second-order valence-corrected chi connectivity index (χ2v) is 6.21. The molecule has 27 heavy (non-hydrogen) atoms. The molecule has 4 aromatic rings. The summed E-state index contributed by atoms with van der Waals surface area (Å²) in [6, 6.07) is 11.3. The molecule has 0 saturated carbocycles. The molecular weight excluding hydrogens is 351 g/mol. The first-order valence-corrected chi connectivity index (χ1v) is 8.26. The van der Waals surface area contributed by atoms with Crippen LogP contribution in [0.15, 0.2) is 53.6 Å². The first-order valence-electron chi connectivity index (χ1n) is 8.26. The summed E-state index contributed by atoms with van der Waals surface area (Å²) in [5.74, 6) is -0.332. The standard InChI is InChI=1S/C18H13FN6O2/c19-10-6-4-9(5-7-10)16-14(17-20-8-21-23-17)15-13-11(18(26)24-22-15)2-1-3-12(13)25-27-16/h1-8,14,16,25H,(H,24,26)(H,20,21,23). The first-order chi connectivity index (χ1) is 13.2. The summed E-state index contributed by atoms with van der Waals surface area (Å²) in [6.45, 7) is 0. The van der Waals surface area contributed by atoms with E-state index in [1.165, 1.54) is 18.5 Å². The number of anilines is 1. The van der Waals surface area contributed by atoms with Crippen molar-refractivity contribution in [1.29, 1.82) is 0 Å². The molecule has 3 heterocycles. The van der Waals surface area contributed by atoms with Gasteiger partial charge in [-0.25, -0.2) is 14.5 Å². The fraction of sp³-hybridized carbons (Fsp3) is 0.111. The van der Waals surface area contributed by atoms with Crippen LogP contribution < -0.4 is 11.0 Å². The number of aromatic amines is 2. The van der Waals surface area contributed by atoms with Crippen LogP contribution in [0.5, 0.6) is 0 Å². The van der Waals surface area contributed by atoms with Gasteiger partial charge in [-0.3, -0.25) is 20.2 Å². The molecule has 2 aromatic heterocycles. The molecule has 9 heteroatoms. The Morgan fingerprint density at radius 1 is 1.07 bits per heavy atom. The number of hydrogen-bond acceptors (Lipinski definition) is 6. The average molecular weight is 364 g/mol. The van der Waals surface area contributed by atoms with Crippen molar-refractivity contribution in [3.05, 3.63) is 82.0 Å². The topological polar surface area (TPSA) is 109 Å². The molecule has 0 bridgehead atoms. The molecule has 2 unspecified atom stereocenters. The smallest absolute Gasteiger partial charge is 0.267 e. The van der Waals surface area contributed by atoms with Gasteiger partial charge in [0.05, 0.1) is 22.7 Å². The number of hydrogen-bond donors (Lipinski definition) is 3. The number of nitrogens with zero attached hydrogens (tertiary/aromatic N) is 3. The molecule has 0 saturated heterocycles. The predicted octanol–water partition coefficient (Wildman–Crippen LogP) is 2.41. The Labute approximate surface area is 151 Å². The number of nitrogens with one attached hydrogen (secondary N) is 3. The van der Waals surface area contributed by atoms with Crippen LogP contribution in [0.2, 0.25) is 0 Å². The molecule has 2 aromatic carbocycles. The minimum absolute atomic E-state index is 0.297. The molecule has 0 amide bonds. The van der Waals surface area contributed by atoms with Gasteiger partial charge in [0.2, 0.25) is 0 Å². The Bertz CT molecular complexity index is 1170. The minimum atomic E-state index is -0.590. The van der Waals surface area contributed by atoms with E-state index in [-0.39, 0.29) is 11.4 Å². The van der Waals surface area contributed by atoms with Crippen molar-refractivity contribution < 1.29 is 9.23 Å². The lowest BCUT2D eigenvalue weighted by atomic mass is 9.89. The number of H-pyrrole nitrogens is 2. The summed E-state index contributed by atoms with van der Waals surface area (Å²) < 4.78 is 13.4. The van der Waals surface area contributed by atoms with Gasteiger partial charge >= 0.3 is 0 Å². The highest BCUT2D eigenvalue weighted by Crippen LogP contribution is 2.43. The van der Waals surface area contributed by atoms with Gasteiger partial charge in [-0.15, -0.1) is 0 Å². The first kappa shape index (κ1) is 15.6. The van der Waals surface area contributed by atoms with E-state index >= 15 is 0 Å². The fourth-order valence-corrected chi connectivity index (χ4v) is 3.44. The fourth-order valence-electron chi connectivity index (χ4n) is 3.44. The zero-order chi connectivity index (χ0) is 18.4. The van der Waals surface area contributed by atoms with Crippen molar-refractivity contribution in [2.24, 2.45) is 0 Å². The van der Waals surface area contributed by atoms with Crippen molar-refractivity contribution in [3.63, 3.8) is 0 Å². The molecule has 1 aliphatic rings. The Balaban J connectivity index is 1.79. The summed E-state index contributed by atoms with van der Waals surface area (Å²) in [5.41, 5.74) is 4.55. The SMILES string of the molecule is O=c1[nH]nc2c3c(cccc13)NOC(c1ccc(F)cc1)C2c1ncn[nH]1. The van der Waals surface area contributed by atoms with Crippen LogP contribution in [-0.2, 0) is 4.84 Å². The molecule has 0 radical (unpaired) electrons. The van der Waals surface area contributed by atoms with Gasteiger partial charge in [-0.2, -0.15) is 10.2 Å². The van der Waals surface area contributed by atoms with Gasteiger partial charge in [0.1, 0.15) is 24.1 Å². The lowest BCUT2D eigenvalue weighted by Gasteiger charge is -2.23. The van der Waals surface area contributed by atoms with Crippen LogP contribution in [0.1, 0.15) is 29.1 Å². The van der Waals surface area contributed by atoms with Gasteiger partial charge in [0.15, 0.2) is 0 Å². The second-order valence-electron chi connectivity index (χ2n) is 6.21. The lowest BCUT2D eigenvalue weighted by Crippen LogP contribution is -2.20. The van der Waals surface area contributed by atoms with Crippen LogP contribution in [0.25, 0.3) is 10.8 Å². The van der Waals surface area contributed by atoms with Crippen LogP contribution >= 0.6 is 0 Å². The highest BCUT2D eigenvalue weighted by atomic mass is 19.1. The lowest BCUT2D eigenvalue weighted by molar-refractivity contribution is 0.0859. The van der Waals surface area contributed by atoms with E-state index in [9.17, 15) is 9.18 Å². The maximum absolute atomic E-state index is 13.4. The molecule has 0 spiro atoms. The van der Waals surface area contributed by atoms with Crippen LogP contribution in [-0.4, -0.2) is 25.4 Å². The third-order valence-electron chi connectivity index (χ3n) is 4.66. The third-order valence-corrected chi connectivity index (χ3v) is 4.66. The minimum Gasteiger partial charge on any atom is -0.267 e. The van der Waals surface area contributed by atoms with E-state index in [1.807, 2.05) is 0 Å². The normalized spacial score (nSPS) is 18.9. The largest absolute Gasteiger partial charge is 0.272 e. The summed E-state index contributed by atoms with van der Waals surface area (Å²) >= 11 is 0. The zero-order valence-corrected chi connectivity index (χ0v) is 13.8. The number of rotatable bonds is 2. The van der Waals surface area contributed by atoms with Crippen molar-refractivity contribution in [2.45, 2.75) is 12.0 Å². The summed E-state index contributed by atoms with van der Waals surface area (Å²) in [5, 5.41) is 14.8.